The Balaban J connectivity index is 1.51. The van der Waals surface area contributed by atoms with Crippen molar-refractivity contribution >= 4 is 17.4 Å². The topological polar surface area (TPSA) is 89.7 Å². The third-order valence-corrected chi connectivity index (χ3v) is 5.13. The van der Waals surface area contributed by atoms with Crippen molar-refractivity contribution in [3.8, 4) is 34.1 Å². The number of nitrogen functional groups attached to an aromatic ring is 1. The number of likely N-dealkylation sites (N-methyl/N-ethyl adjacent to an activating group) is 1. The molecule has 1 aromatic heterocycles. The first-order valence-electron chi connectivity index (χ1n) is 11.5. The molecule has 7 nitrogen and oxygen atoms in total. The van der Waals surface area contributed by atoms with Crippen LogP contribution in [-0.2, 0) is 4.79 Å². The highest BCUT2D eigenvalue weighted by molar-refractivity contribution is 5.99. The zero-order valence-corrected chi connectivity index (χ0v) is 20.2. The van der Waals surface area contributed by atoms with E-state index in [4.69, 9.17) is 15.2 Å². The fourth-order valence-electron chi connectivity index (χ4n) is 3.47. The quantitative estimate of drug-likeness (QED) is 0.287. The minimum absolute atomic E-state index is 0.208. The summed E-state index contributed by atoms with van der Waals surface area (Å²) in [5.41, 5.74) is 8.38. The van der Waals surface area contributed by atoms with Gasteiger partial charge in [-0.15, -0.1) is 0 Å². The van der Waals surface area contributed by atoms with Crippen LogP contribution in [0.2, 0.25) is 0 Å². The molecule has 0 saturated heterocycles. The molecule has 7 heteroatoms. The number of amides is 1. The maximum atomic E-state index is 12.2. The molecule has 1 amide bonds. The number of carbonyl (C=O) groups excluding carboxylic acids is 1. The Kier molecular flexibility index (Phi) is 7.95. The Morgan fingerprint density at radius 3 is 2.39 bits per heavy atom. The van der Waals surface area contributed by atoms with Crippen molar-refractivity contribution in [2.24, 2.45) is 0 Å². The lowest BCUT2D eigenvalue weighted by Crippen LogP contribution is -2.12. The first kappa shape index (κ1) is 24.5. The fourth-order valence-corrected chi connectivity index (χ4v) is 3.47. The predicted molar refractivity (Wildman–Crippen MR) is 143 cm³/mol. The highest BCUT2D eigenvalue weighted by Gasteiger charge is 2.13. The van der Waals surface area contributed by atoms with Crippen LogP contribution in [0.5, 0.6) is 23.0 Å². The van der Waals surface area contributed by atoms with Gasteiger partial charge in [0.25, 0.3) is 0 Å². The van der Waals surface area contributed by atoms with Crippen molar-refractivity contribution in [3.05, 3.63) is 103 Å². The van der Waals surface area contributed by atoms with Gasteiger partial charge in [-0.2, -0.15) is 0 Å². The first-order chi connectivity index (χ1) is 17.5. The van der Waals surface area contributed by atoms with E-state index >= 15 is 0 Å². The van der Waals surface area contributed by atoms with Crippen LogP contribution in [-0.4, -0.2) is 36.4 Å². The lowest BCUT2D eigenvalue weighted by Gasteiger charge is -2.14. The summed E-state index contributed by atoms with van der Waals surface area (Å²) in [6.07, 6.45) is 4.92. The molecule has 1 heterocycles. The number of hydrogen-bond donors (Lipinski definition) is 2. The number of ether oxygens (including phenoxy) is 2. The van der Waals surface area contributed by atoms with Crippen LogP contribution >= 0.6 is 0 Å². The van der Waals surface area contributed by atoms with Crippen LogP contribution in [0.3, 0.4) is 0 Å². The summed E-state index contributed by atoms with van der Waals surface area (Å²) in [6.45, 7) is 0.683. The van der Waals surface area contributed by atoms with Gasteiger partial charge in [0.05, 0.1) is 5.56 Å². The number of nitrogens with zero attached hydrogens (tertiary/aromatic N) is 2. The maximum absolute atomic E-state index is 12.2. The van der Waals surface area contributed by atoms with E-state index in [0.717, 1.165) is 11.3 Å². The molecule has 0 spiro atoms. The Labute approximate surface area is 210 Å². The molecular weight excluding hydrogens is 452 g/mol. The van der Waals surface area contributed by atoms with Crippen molar-refractivity contribution in [3.63, 3.8) is 0 Å². The number of aromatic nitrogens is 1. The Morgan fingerprint density at radius 2 is 1.64 bits per heavy atom. The third-order valence-electron chi connectivity index (χ3n) is 5.13. The monoisotopic (exact) mass is 480 g/mol. The molecule has 0 bridgehead atoms. The van der Waals surface area contributed by atoms with Gasteiger partial charge < -0.3 is 25.4 Å². The van der Waals surface area contributed by atoms with Crippen molar-refractivity contribution in [1.82, 2.24) is 9.88 Å². The minimum atomic E-state index is -0.208. The van der Waals surface area contributed by atoms with Gasteiger partial charge in [-0.3, -0.25) is 4.79 Å². The molecule has 0 saturated carbocycles. The molecule has 0 aliphatic carbocycles. The van der Waals surface area contributed by atoms with Crippen molar-refractivity contribution < 1.29 is 14.3 Å². The summed E-state index contributed by atoms with van der Waals surface area (Å²) in [4.78, 5) is 18.4. The second kappa shape index (κ2) is 11.7. The molecule has 182 valence electrons. The second-order valence-corrected chi connectivity index (χ2v) is 8.29. The maximum Gasteiger partial charge on any atom is 0.248 e. The Hall–Kier alpha value is -4.62. The average Bonchev–Trinajstić information content (AvgIpc) is 2.86. The fraction of sp³-hybridized carbons (Fsp3) is 0.103. The van der Waals surface area contributed by atoms with Gasteiger partial charge in [0, 0.05) is 30.6 Å². The molecule has 4 aromatic rings. The zero-order valence-electron chi connectivity index (χ0n) is 20.2. The highest BCUT2D eigenvalue weighted by Crippen LogP contribution is 2.38. The highest BCUT2D eigenvalue weighted by atomic mass is 16.5. The van der Waals surface area contributed by atoms with Crippen LogP contribution in [0.25, 0.3) is 11.1 Å². The van der Waals surface area contributed by atoms with Crippen LogP contribution < -0.4 is 20.5 Å². The molecule has 3 N–H and O–H groups in total. The standard InChI is InChI=1S/C29H28N4O3/c1-33(2)19-7-12-27(34)32-22-8-6-11-25(20-22)36-26-17-18-31-29(30)28(26)21-13-15-24(16-14-21)35-23-9-4-3-5-10-23/h3-18,20H,19H2,1-2H3,(H2,30,31)(H,32,34). The van der Waals surface area contributed by atoms with Crippen molar-refractivity contribution in [1.29, 1.82) is 0 Å². The van der Waals surface area contributed by atoms with Crippen LogP contribution in [0.15, 0.2) is 103 Å². The molecule has 0 aliphatic heterocycles. The number of hydrogen-bond acceptors (Lipinski definition) is 6. The van der Waals surface area contributed by atoms with Gasteiger partial charge in [0.15, 0.2) is 0 Å². The van der Waals surface area contributed by atoms with E-state index in [9.17, 15) is 4.79 Å². The van der Waals surface area contributed by atoms with Crippen LogP contribution in [0.1, 0.15) is 0 Å². The number of nitrogens with two attached hydrogens (primary N) is 1. The molecule has 0 atom stereocenters. The summed E-state index contributed by atoms with van der Waals surface area (Å²) in [5.74, 6) is 2.71. The van der Waals surface area contributed by atoms with Crippen LogP contribution in [0, 0.1) is 0 Å². The molecule has 0 fully saturated rings. The number of benzene rings is 3. The third kappa shape index (κ3) is 6.71. The lowest BCUT2D eigenvalue weighted by molar-refractivity contribution is -0.111. The predicted octanol–water partition coefficient (Wildman–Crippen LogP) is 5.97. The minimum Gasteiger partial charge on any atom is -0.457 e. The van der Waals surface area contributed by atoms with Crippen molar-refractivity contribution in [2.75, 3.05) is 31.7 Å². The number of pyridine rings is 1. The van der Waals surface area contributed by atoms with E-state index in [1.54, 1.807) is 30.5 Å². The Morgan fingerprint density at radius 1 is 0.917 bits per heavy atom. The molecule has 36 heavy (non-hydrogen) atoms. The summed E-state index contributed by atoms with van der Waals surface area (Å²) in [7, 11) is 3.88. The summed E-state index contributed by atoms with van der Waals surface area (Å²) in [6, 6.07) is 26.1. The SMILES string of the molecule is CN(C)CC=CC(=O)Nc1cccc(Oc2ccnc(N)c2-c2ccc(Oc3ccccc3)cc2)c1. The molecule has 0 unspecified atom stereocenters. The van der Waals surface area contributed by atoms with E-state index in [1.807, 2.05) is 85.7 Å². The summed E-state index contributed by atoms with van der Waals surface area (Å²) >= 11 is 0. The Bertz CT molecular complexity index is 1340. The van der Waals surface area contributed by atoms with Crippen LogP contribution in [0.4, 0.5) is 11.5 Å². The average molecular weight is 481 g/mol. The molecule has 0 aliphatic rings. The van der Waals surface area contributed by atoms with Gasteiger partial charge in [-0.05, 0) is 62.1 Å². The lowest BCUT2D eigenvalue weighted by atomic mass is 10.1. The van der Waals surface area contributed by atoms with Gasteiger partial charge >= 0.3 is 0 Å². The molecule has 3 aromatic carbocycles. The summed E-state index contributed by atoms with van der Waals surface area (Å²) in [5, 5.41) is 2.85. The van der Waals surface area contributed by atoms with Gasteiger partial charge in [-0.1, -0.05) is 42.5 Å². The molecular formula is C29H28N4O3. The number of rotatable bonds is 9. The van der Waals surface area contributed by atoms with Gasteiger partial charge in [0.2, 0.25) is 5.91 Å². The van der Waals surface area contributed by atoms with E-state index in [1.165, 1.54) is 6.08 Å². The second-order valence-electron chi connectivity index (χ2n) is 8.29. The summed E-state index contributed by atoms with van der Waals surface area (Å²) < 4.78 is 12.1. The van der Waals surface area contributed by atoms with E-state index in [2.05, 4.69) is 10.3 Å². The van der Waals surface area contributed by atoms with Gasteiger partial charge in [0.1, 0.15) is 28.8 Å². The smallest absolute Gasteiger partial charge is 0.248 e. The molecule has 4 rings (SSSR count). The van der Waals surface area contributed by atoms with E-state index in [0.29, 0.717) is 40.9 Å². The van der Waals surface area contributed by atoms with Gasteiger partial charge in [-0.25, -0.2) is 4.98 Å². The number of nitrogens with one attached hydrogen (secondary N) is 1. The molecule has 0 radical (unpaired) electrons. The largest absolute Gasteiger partial charge is 0.457 e. The normalized spacial score (nSPS) is 11.0. The van der Waals surface area contributed by atoms with E-state index in [-0.39, 0.29) is 5.91 Å². The zero-order chi connectivity index (χ0) is 25.3. The number of anilines is 2. The van der Waals surface area contributed by atoms with E-state index < -0.39 is 0 Å². The number of para-hydroxylation sites is 1. The first-order valence-corrected chi connectivity index (χ1v) is 11.5. The number of carbonyl (C=O) groups is 1. The van der Waals surface area contributed by atoms with Crippen molar-refractivity contribution in [2.45, 2.75) is 0 Å².